The lowest BCUT2D eigenvalue weighted by atomic mass is 9.92. The van der Waals surface area contributed by atoms with E-state index in [4.69, 9.17) is 14.8 Å². The molecule has 5 heteroatoms. The summed E-state index contributed by atoms with van der Waals surface area (Å²) in [4.78, 5) is 4.80. The molecule has 22 heavy (non-hydrogen) atoms. The number of benzene rings is 1. The third kappa shape index (κ3) is 2.08. The van der Waals surface area contributed by atoms with E-state index in [1.165, 1.54) is 16.8 Å². The van der Waals surface area contributed by atoms with Crippen molar-refractivity contribution in [2.75, 3.05) is 12.9 Å². The first-order valence-electron chi connectivity index (χ1n) is 7.49. The van der Waals surface area contributed by atoms with Gasteiger partial charge in [0.2, 0.25) is 0 Å². The van der Waals surface area contributed by atoms with Crippen molar-refractivity contribution in [3.05, 3.63) is 41.6 Å². The average molecular weight is 311 g/mol. The van der Waals surface area contributed by atoms with Gasteiger partial charge in [-0.3, -0.25) is 0 Å². The van der Waals surface area contributed by atoms with Crippen LogP contribution in [0.4, 0.5) is 0 Å². The zero-order valence-corrected chi connectivity index (χ0v) is 13.5. The van der Waals surface area contributed by atoms with Gasteiger partial charge in [-0.25, -0.2) is 9.50 Å². The maximum absolute atomic E-state index is 5.33. The lowest BCUT2D eigenvalue weighted by Crippen LogP contribution is -2.07. The van der Waals surface area contributed by atoms with E-state index in [-0.39, 0.29) is 0 Å². The number of hydrogen-bond acceptors (Lipinski definition) is 4. The van der Waals surface area contributed by atoms with Crippen molar-refractivity contribution in [3.8, 4) is 17.0 Å². The minimum absolute atomic E-state index is 0.908. The summed E-state index contributed by atoms with van der Waals surface area (Å²) in [5.41, 5.74) is 5.71. The molecule has 0 saturated carbocycles. The molecule has 0 N–H and O–H groups in total. The van der Waals surface area contributed by atoms with Crippen LogP contribution in [-0.2, 0) is 12.8 Å². The maximum Gasteiger partial charge on any atom is 0.154 e. The van der Waals surface area contributed by atoms with Crippen molar-refractivity contribution in [3.63, 3.8) is 0 Å². The second kappa shape index (κ2) is 5.32. The SMILES string of the molecule is CCSc1ccc2nc3c(n2n1)CCc1cc(OC)ccc1-3. The van der Waals surface area contributed by atoms with E-state index in [9.17, 15) is 0 Å². The second-order valence-electron chi connectivity index (χ2n) is 5.30. The van der Waals surface area contributed by atoms with Crippen LogP contribution in [0.25, 0.3) is 16.9 Å². The predicted molar refractivity (Wildman–Crippen MR) is 88.8 cm³/mol. The first-order valence-corrected chi connectivity index (χ1v) is 8.47. The highest BCUT2D eigenvalue weighted by Crippen LogP contribution is 2.35. The molecule has 0 bridgehead atoms. The molecule has 0 atom stereocenters. The molecule has 4 nitrogen and oxygen atoms in total. The Morgan fingerprint density at radius 1 is 1.23 bits per heavy atom. The number of methoxy groups -OCH3 is 1. The van der Waals surface area contributed by atoms with Gasteiger partial charge in [-0.05, 0) is 54.5 Å². The number of thioether (sulfide) groups is 1. The van der Waals surface area contributed by atoms with Gasteiger partial charge in [-0.15, -0.1) is 11.8 Å². The topological polar surface area (TPSA) is 39.4 Å². The van der Waals surface area contributed by atoms with Crippen LogP contribution in [0.2, 0.25) is 0 Å². The van der Waals surface area contributed by atoms with Gasteiger partial charge >= 0.3 is 0 Å². The highest BCUT2D eigenvalue weighted by atomic mass is 32.2. The summed E-state index contributed by atoms with van der Waals surface area (Å²) in [6.07, 6.45) is 1.96. The third-order valence-corrected chi connectivity index (χ3v) is 4.84. The molecule has 0 aliphatic heterocycles. The quantitative estimate of drug-likeness (QED) is 0.693. The van der Waals surface area contributed by atoms with Gasteiger partial charge in [0.1, 0.15) is 10.8 Å². The van der Waals surface area contributed by atoms with E-state index < -0.39 is 0 Å². The van der Waals surface area contributed by atoms with Gasteiger partial charge in [-0.2, -0.15) is 5.10 Å². The monoisotopic (exact) mass is 311 g/mol. The summed E-state index contributed by atoms with van der Waals surface area (Å²) in [6, 6.07) is 10.3. The number of nitrogens with zero attached hydrogens (tertiary/aromatic N) is 3. The molecule has 4 rings (SSSR count). The van der Waals surface area contributed by atoms with Crippen molar-refractivity contribution in [1.82, 2.24) is 14.6 Å². The van der Waals surface area contributed by atoms with Gasteiger partial charge < -0.3 is 4.74 Å². The van der Waals surface area contributed by atoms with E-state index in [2.05, 4.69) is 31.2 Å². The van der Waals surface area contributed by atoms with Crippen molar-refractivity contribution in [1.29, 1.82) is 0 Å². The molecule has 0 radical (unpaired) electrons. The largest absolute Gasteiger partial charge is 0.497 e. The number of fused-ring (bicyclic) bond motifs is 5. The minimum atomic E-state index is 0.908. The van der Waals surface area contributed by atoms with Crippen LogP contribution in [0.1, 0.15) is 18.2 Å². The van der Waals surface area contributed by atoms with Gasteiger partial charge in [0, 0.05) is 5.56 Å². The number of aromatic nitrogens is 3. The van der Waals surface area contributed by atoms with Crippen molar-refractivity contribution >= 4 is 17.4 Å². The molecule has 112 valence electrons. The van der Waals surface area contributed by atoms with Crippen LogP contribution in [0.15, 0.2) is 35.4 Å². The number of hydrogen-bond donors (Lipinski definition) is 0. The Kier molecular flexibility index (Phi) is 3.30. The fraction of sp³-hybridized carbons (Fsp3) is 0.294. The Hall–Kier alpha value is -2.01. The zero-order chi connectivity index (χ0) is 15.1. The molecule has 2 heterocycles. The van der Waals surface area contributed by atoms with Crippen LogP contribution in [-0.4, -0.2) is 27.5 Å². The average Bonchev–Trinajstić information content (AvgIpc) is 2.93. The number of aryl methyl sites for hydroxylation is 2. The molecule has 3 aromatic rings. The lowest BCUT2D eigenvalue weighted by molar-refractivity contribution is 0.414. The zero-order valence-electron chi connectivity index (χ0n) is 12.7. The summed E-state index contributed by atoms with van der Waals surface area (Å²) >= 11 is 1.76. The van der Waals surface area contributed by atoms with Crippen LogP contribution in [0, 0.1) is 0 Å². The Morgan fingerprint density at radius 3 is 2.95 bits per heavy atom. The van der Waals surface area contributed by atoms with E-state index in [1.807, 2.05) is 10.6 Å². The highest BCUT2D eigenvalue weighted by Gasteiger charge is 2.22. The smallest absolute Gasteiger partial charge is 0.154 e. The van der Waals surface area contributed by atoms with Crippen molar-refractivity contribution in [2.45, 2.75) is 24.8 Å². The summed E-state index contributed by atoms with van der Waals surface area (Å²) in [5.74, 6) is 1.93. The Bertz CT molecular complexity index is 856. The molecule has 1 aliphatic carbocycles. The molecule has 2 aromatic heterocycles. The first kappa shape index (κ1) is 13.6. The number of rotatable bonds is 3. The van der Waals surface area contributed by atoms with Gasteiger partial charge in [0.25, 0.3) is 0 Å². The van der Waals surface area contributed by atoms with Crippen LogP contribution in [0.3, 0.4) is 0 Å². The fourth-order valence-electron chi connectivity index (χ4n) is 3.02. The third-order valence-electron chi connectivity index (χ3n) is 4.04. The van der Waals surface area contributed by atoms with E-state index in [0.717, 1.165) is 40.7 Å². The molecule has 0 fully saturated rings. The molecule has 0 spiro atoms. The predicted octanol–water partition coefficient (Wildman–Crippen LogP) is 3.62. The normalized spacial score (nSPS) is 13.0. The summed E-state index contributed by atoms with van der Waals surface area (Å²) in [5, 5.41) is 5.79. The first-order chi connectivity index (χ1) is 10.8. The van der Waals surface area contributed by atoms with Crippen LogP contribution < -0.4 is 4.74 Å². The Balaban J connectivity index is 1.88. The van der Waals surface area contributed by atoms with Crippen LogP contribution in [0.5, 0.6) is 5.75 Å². The van der Waals surface area contributed by atoms with Gasteiger partial charge in [-0.1, -0.05) is 6.92 Å². The molecule has 0 amide bonds. The fourth-order valence-corrected chi connectivity index (χ4v) is 3.61. The lowest BCUT2D eigenvalue weighted by Gasteiger charge is -2.16. The second-order valence-corrected chi connectivity index (χ2v) is 6.59. The van der Waals surface area contributed by atoms with Crippen LogP contribution >= 0.6 is 11.8 Å². The van der Waals surface area contributed by atoms with E-state index in [0.29, 0.717) is 0 Å². The van der Waals surface area contributed by atoms with Gasteiger partial charge in [0.05, 0.1) is 18.5 Å². The minimum Gasteiger partial charge on any atom is -0.497 e. The highest BCUT2D eigenvalue weighted by molar-refractivity contribution is 7.99. The maximum atomic E-state index is 5.33. The molecular weight excluding hydrogens is 294 g/mol. The van der Waals surface area contributed by atoms with E-state index in [1.54, 1.807) is 18.9 Å². The molecular formula is C17H17N3OS. The van der Waals surface area contributed by atoms with E-state index >= 15 is 0 Å². The van der Waals surface area contributed by atoms with Gasteiger partial charge in [0.15, 0.2) is 5.65 Å². The summed E-state index contributed by atoms with van der Waals surface area (Å²) in [6.45, 7) is 2.14. The number of ether oxygens (including phenoxy) is 1. The Morgan fingerprint density at radius 2 is 2.14 bits per heavy atom. The summed E-state index contributed by atoms with van der Waals surface area (Å²) < 4.78 is 7.34. The van der Waals surface area contributed by atoms with Crippen molar-refractivity contribution < 1.29 is 4.74 Å². The molecule has 1 aliphatic rings. The molecule has 1 aromatic carbocycles. The molecule has 0 unspecified atom stereocenters. The standard InChI is InChI=1S/C17H17N3OS/c1-3-22-16-9-8-15-18-17-13-6-5-12(21-2)10-11(13)4-7-14(17)20(15)19-16/h5-6,8-10H,3-4,7H2,1-2H3. The van der Waals surface area contributed by atoms with Crippen molar-refractivity contribution in [2.24, 2.45) is 0 Å². The Labute approximate surface area is 133 Å². The number of imidazole rings is 1. The molecule has 0 saturated heterocycles. The summed E-state index contributed by atoms with van der Waals surface area (Å²) in [7, 11) is 1.71.